The van der Waals surface area contributed by atoms with Gasteiger partial charge in [0.25, 0.3) is 0 Å². The third-order valence-electron chi connectivity index (χ3n) is 9.74. The Bertz CT molecular complexity index is 866. The Morgan fingerprint density at radius 2 is 1.76 bits per heavy atom. The van der Waals surface area contributed by atoms with Crippen molar-refractivity contribution in [3.63, 3.8) is 0 Å². The van der Waals surface area contributed by atoms with Crippen LogP contribution in [0.25, 0.3) is 0 Å². The molecule has 0 spiro atoms. The molecule has 5 N–H and O–H groups in total. The van der Waals surface area contributed by atoms with Gasteiger partial charge in [0.05, 0.1) is 29.5 Å². The summed E-state index contributed by atoms with van der Waals surface area (Å²) in [6.45, 7) is 9.34. The number of rotatable bonds is 5. The van der Waals surface area contributed by atoms with E-state index in [2.05, 4.69) is 19.9 Å². The van der Waals surface area contributed by atoms with Crippen LogP contribution in [0, 0.1) is 28.6 Å². The minimum atomic E-state index is -1.33. The highest BCUT2D eigenvalue weighted by atomic mass is 16.3. The van der Waals surface area contributed by atoms with Crippen LogP contribution in [-0.4, -0.2) is 60.8 Å². The molecule has 4 rings (SSSR count). The molecule has 33 heavy (non-hydrogen) atoms. The number of hydrogen-bond acceptors (Lipinski definition) is 6. The predicted octanol–water partition coefficient (Wildman–Crippen LogP) is 2.66. The van der Waals surface area contributed by atoms with E-state index < -0.39 is 34.9 Å². The predicted molar refractivity (Wildman–Crippen MR) is 125 cm³/mol. The van der Waals surface area contributed by atoms with Crippen LogP contribution in [0.2, 0.25) is 0 Å². The van der Waals surface area contributed by atoms with Gasteiger partial charge in [-0.05, 0) is 83.1 Å². The summed E-state index contributed by atoms with van der Waals surface area (Å²) in [4.78, 5) is 13.2. The fraction of sp³-hybridized carbons (Fsp3) is 0.815. The second-order valence-corrected chi connectivity index (χ2v) is 12.6. The summed E-state index contributed by atoms with van der Waals surface area (Å²) < 4.78 is 0. The quantitative estimate of drug-likeness (QED) is 0.401. The second-order valence-electron chi connectivity index (χ2n) is 12.6. The Labute approximate surface area is 197 Å². The maximum Gasteiger partial charge on any atom is 0.159 e. The third-order valence-corrected chi connectivity index (χ3v) is 9.74. The van der Waals surface area contributed by atoms with Crippen LogP contribution in [0.3, 0.4) is 0 Å². The van der Waals surface area contributed by atoms with Crippen molar-refractivity contribution in [2.75, 3.05) is 0 Å². The van der Waals surface area contributed by atoms with E-state index in [9.17, 15) is 30.3 Å². The molecule has 0 saturated heterocycles. The van der Waals surface area contributed by atoms with Gasteiger partial charge in [0.15, 0.2) is 5.78 Å². The van der Waals surface area contributed by atoms with Crippen LogP contribution in [0.1, 0.15) is 79.6 Å². The summed E-state index contributed by atoms with van der Waals surface area (Å²) in [6.07, 6.45) is 5.02. The molecule has 0 aromatic heterocycles. The van der Waals surface area contributed by atoms with Crippen molar-refractivity contribution in [2.45, 2.75) is 109 Å². The zero-order chi connectivity index (χ0) is 24.6. The monoisotopic (exact) mass is 462 g/mol. The van der Waals surface area contributed by atoms with Crippen LogP contribution < -0.4 is 0 Å². The van der Waals surface area contributed by atoms with Crippen molar-refractivity contribution in [1.82, 2.24) is 0 Å². The molecule has 0 radical (unpaired) electrons. The molecule has 0 aromatic carbocycles. The molecule has 186 valence electrons. The number of carbonyl (C=O) groups is 1. The molecule has 0 aromatic rings. The zero-order valence-corrected chi connectivity index (χ0v) is 20.7. The van der Waals surface area contributed by atoms with Gasteiger partial charge in [-0.2, -0.15) is 0 Å². The molecule has 0 aliphatic heterocycles. The molecule has 4 aliphatic rings. The number of allylic oxidation sites excluding steroid dienone is 3. The van der Waals surface area contributed by atoms with Crippen molar-refractivity contribution in [3.8, 4) is 0 Å². The van der Waals surface area contributed by atoms with Crippen LogP contribution in [0.4, 0.5) is 0 Å². The first kappa shape index (κ1) is 25.1. The summed E-state index contributed by atoms with van der Waals surface area (Å²) in [6, 6.07) is 0. The molecule has 9 atom stereocenters. The summed E-state index contributed by atoms with van der Waals surface area (Å²) in [5, 5.41) is 53.1. The number of carbonyl (C=O) groups excluding carboxylic acids is 1. The third kappa shape index (κ3) is 3.96. The molecule has 2 saturated carbocycles. The first-order valence-electron chi connectivity index (χ1n) is 12.6. The van der Waals surface area contributed by atoms with Crippen molar-refractivity contribution in [3.05, 3.63) is 23.3 Å². The SMILES string of the molecule is CC(C)(O)CC[C@@H](O)[C@](C)(O)[C@H]1CC[C@@]2(C)C1=CC[C@H]1C2=CC(=O)[C@@H]2C[C@@H](O)[C@@H](O)C[C@@]21C. The summed E-state index contributed by atoms with van der Waals surface area (Å²) in [5.41, 5.74) is -0.815. The van der Waals surface area contributed by atoms with Crippen LogP contribution >= 0.6 is 0 Å². The van der Waals surface area contributed by atoms with Crippen LogP contribution in [0.15, 0.2) is 23.3 Å². The molecule has 0 heterocycles. The van der Waals surface area contributed by atoms with E-state index in [1.54, 1.807) is 26.8 Å². The van der Waals surface area contributed by atoms with E-state index in [4.69, 9.17) is 0 Å². The molecule has 0 amide bonds. The van der Waals surface area contributed by atoms with Gasteiger partial charge in [-0.15, -0.1) is 0 Å². The van der Waals surface area contributed by atoms with Crippen molar-refractivity contribution >= 4 is 5.78 Å². The molecular weight excluding hydrogens is 420 g/mol. The molecule has 6 heteroatoms. The topological polar surface area (TPSA) is 118 Å². The minimum absolute atomic E-state index is 0.0394. The first-order valence-corrected chi connectivity index (χ1v) is 12.6. The standard InChI is InChI=1S/C27H42O6/c1-24(2,32)10-9-23(31)27(5,33)17-8-11-25(3)15(17)6-7-16-18(25)12-20(28)19-13-21(29)22(30)14-26(16,19)4/h6,12,16-17,19,21-23,29-33H,7-11,13-14H2,1-5H3/t16-,17-,19-,21+,22-,23+,25-,26+,27+/m0/s1. The van der Waals surface area contributed by atoms with E-state index in [0.29, 0.717) is 32.1 Å². The highest BCUT2D eigenvalue weighted by Gasteiger charge is 2.60. The fourth-order valence-corrected chi connectivity index (χ4v) is 7.53. The molecule has 0 bridgehead atoms. The van der Waals surface area contributed by atoms with Gasteiger partial charge in [0.2, 0.25) is 0 Å². The molecule has 0 unspecified atom stereocenters. The maximum absolute atomic E-state index is 13.2. The lowest BCUT2D eigenvalue weighted by molar-refractivity contribution is -0.140. The Morgan fingerprint density at radius 1 is 1.09 bits per heavy atom. The molecular formula is C27H42O6. The van der Waals surface area contributed by atoms with E-state index >= 15 is 0 Å². The smallest absolute Gasteiger partial charge is 0.159 e. The second kappa shape index (κ2) is 7.99. The summed E-state index contributed by atoms with van der Waals surface area (Å²) in [7, 11) is 0. The fourth-order valence-electron chi connectivity index (χ4n) is 7.53. The number of hydrogen-bond donors (Lipinski definition) is 5. The Kier molecular flexibility index (Phi) is 6.07. The van der Waals surface area contributed by atoms with Gasteiger partial charge in [0.1, 0.15) is 0 Å². The number of aliphatic hydroxyl groups is 5. The van der Waals surface area contributed by atoms with Crippen LogP contribution in [0.5, 0.6) is 0 Å². The van der Waals surface area contributed by atoms with E-state index in [1.807, 2.05) is 0 Å². The molecule has 6 nitrogen and oxygen atoms in total. The lowest BCUT2D eigenvalue weighted by Crippen LogP contribution is -2.55. The maximum atomic E-state index is 13.2. The normalized spacial score (nSPS) is 43.6. The summed E-state index contributed by atoms with van der Waals surface area (Å²) >= 11 is 0. The average molecular weight is 463 g/mol. The number of ketones is 1. The van der Waals surface area contributed by atoms with E-state index in [0.717, 1.165) is 24.0 Å². The van der Waals surface area contributed by atoms with Crippen molar-refractivity contribution < 1.29 is 30.3 Å². The van der Waals surface area contributed by atoms with Gasteiger partial charge in [-0.25, -0.2) is 0 Å². The molecule has 2 fully saturated rings. The van der Waals surface area contributed by atoms with Gasteiger partial charge < -0.3 is 25.5 Å². The molecule has 4 aliphatic carbocycles. The van der Waals surface area contributed by atoms with Crippen molar-refractivity contribution in [1.29, 1.82) is 0 Å². The van der Waals surface area contributed by atoms with Gasteiger partial charge >= 0.3 is 0 Å². The Morgan fingerprint density at radius 3 is 2.39 bits per heavy atom. The van der Waals surface area contributed by atoms with Crippen molar-refractivity contribution in [2.24, 2.45) is 28.6 Å². The average Bonchev–Trinajstić information content (AvgIpc) is 3.06. The van der Waals surface area contributed by atoms with E-state index in [1.165, 1.54) is 0 Å². The lowest BCUT2D eigenvalue weighted by Gasteiger charge is -2.56. The Balaban J connectivity index is 1.64. The van der Waals surface area contributed by atoms with E-state index in [-0.39, 0.29) is 29.0 Å². The largest absolute Gasteiger partial charge is 0.390 e. The minimum Gasteiger partial charge on any atom is -0.390 e. The van der Waals surface area contributed by atoms with Gasteiger partial charge in [0, 0.05) is 17.3 Å². The van der Waals surface area contributed by atoms with Gasteiger partial charge in [-0.3, -0.25) is 4.79 Å². The highest BCUT2D eigenvalue weighted by molar-refractivity contribution is 5.95. The summed E-state index contributed by atoms with van der Waals surface area (Å²) in [5.74, 6) is -0.356. The zero-order valence-electron chi connectivity index (χ0n) is 20.7. The van der Waals surface area contributed by atoms with Gasteiger partial charge in [-0.1, -0.05) is 31.1 Å². The lowest BCUT2D eigenvalue weighted by atomic mass is 9.48. The van der Waals surface area contributed by atoms with Crippen LogP contribution in [-0.2, 0) is 4.79 Å². The number of aliphatic hydroxyl groups excluding tert-OH is 3. The highest BCUT2D eigenvalue weighted by Crippen LogP contribution is 2.65. The number of fused-ring (bicyclic) bond motifs is 5. The Hall–Kier alpha value is -1.05. The first-order chi connectivity index (χ1) is 15.1.